The maximum atomic E-state index is 10.4. The van der Waals surface area contributed by atoms with E-state index in [1.165, 1.54) is 0 Å². The van der Waals surface area contributed by atoms with E-state index in [1.807, 2.05) is 0 Å². The van der Waals surface area contributed by atoms with Crippen LogP contribution in [0.2, 0.25) is 0 Å². The topological polar surface area (TPSA) is 66.8 Å². The lowest BCUT2D eigenvalue weighted by Crippen LogP contribution is -2.38. The number of carbonyl (C=O) groups is 1. The fourth-order valence-corrected chi connectivity index (χ4v) is 1.28. The van der Waals surface area contributed by atoms with Gasteiger partial charge in [-0.3, -0.25) is 0 Å². The highest BCUT2D eigenvalue weighted by Crippen LogP contribution is 2.18. The van der Waals surface area contributed by atoms with Crippen molar-refractivity contribution >= 4 is 5.97 Å². The van der Waals surface area contributed by atoms with Crippen LogP contribution in [-0.4, -0.2) is 34.5 Å². The number of ether oxygens (including phenoxy) is 1. The van der Waals surface area contributed by atoms with Crippen LogP contribution in [-0.2, 0) is 9.53 Å². The highest BCUT2D eigenvalue weighted by atomic mass is 16.5. The molecule has 1 aliphatic heterocycles. The Bertz CT molecular complexity index is 147. The molecule has 1 heterocycles. The minimum absolute atomic E-state index is 0.153. The minimum Gasteiger partial charge on any atom is -0.479 e. The van der Waals surface area contributed by atoms with Crippen molar-refractivity contribution in [2.45, 2.75) is 38.1 Å². The second kappa shape index (κ2) is 3.19. The molecule has 2 unspecified atom stereocenters. The monoisotopic (exact) mass is 160 g/mol. The lowest BCUT2D eigenvalue weighted by molar-refractivity contribution is -0.164. The Labute approximate surface area is 64.8 Å². The van der Waals surface area contributed by atoms with Gasteiger partial charge in [0, 0.05) is 6.42 Å². The average molecular weight is 160 g/mol. The molecule has 1 fully saturated rings. The molecule has 1 rings (SSSR count). The number of rotatable bonds is 1. The van der Waals surface area contributed by atoms with Crippen molar-refractivity contribution in [1.29, 1.82) is 0 Å². The molecule has 4 heteroatoms. The molecule has 0 saturated carbocycles. The Morgan fingerprint density at radius 3 is 2.64 bits per heavy atom. The summed E-state index contributed by atoms with van der Waals surface area (Å²) in [6, 6.07) is 0. The predicted molar refractivity (Wildman–Crippen MR) is 37.2 cm³/mol. The molecule has 0 radical (unpaired) electrons. The van der Waals surface area contributed by atoms with Gasteiger partial charge in [-0.05, 0) is 13.3 Å². The maximum Gasteiger partial charge on any atom is 0.332 e. The molecule has 0 aromatic carbocycles. The van der Waals surface area contributed by atoms with Gasteiger partial charge >= 0.3 is 5.97 Å². The third-order valence-corrected chi connectivity index (χ3v) is 1.76. The lowest BCUT2D eigenvalue weighted by Gasteiger charge is -2.28. The molecule has 1 saturated heterocycles. The van der Waals surface area contributed by atoms with E-state index in [0.29, 0.717) is 6.42 Å². The highest BCUT2D eigenvalue weighted by molar-refractivity contribution is 5.72. The SMILES string of the molecule is CC1CC(O)C[C@@H](C(=O)O)O1. The van der Waals surface area contributed by atoms with Crippen LogP contribution in [0.4, 0.5) is 0 Å². The van der Waals surface area contributed by atoms with E-state index in [4.69, 9.17) is 14.9 Å². The molecule has 0 aromatic rings. The third-order valence-electron chi connectivity index (χ3n) is 1.76. The molecule has 4 nitrogen and oxygen atoms in total. The zero-order valence-electron chi connectivity index (χ0n) is 6.36. The van der Waals surface area contributed by atoms with E-state index in [1.54, 1.807) is 6.92 Å². The lowest BCUT2D eigenvalue weighted by atomic mass is 10.0. The number of carboxylic acids is 1. The molecule has 0 aliphatic carbocycles. The number of hydrogen-bond acceptors (Lipinski definition) is 3. The number of aliphatic hydroxyl groups is 1. The number of aliphatic hydroxyl groups excluding tert-OH is 1. The average Bonchev–Trinajstić information content (AvgIpc) is 1.85. The first kappa shape index (κ1) is 8.49. The van der Waals surface area contributed by atoms with Crippen LogP contribution in [0.5, 0.6) is 0 Å². The summed E-state index contributed by atoms with van der Waals surface area (Å²) in [5, 5.41) is 17.7. The van der Waals surface area contributed by atoms with E-state index >= 15 is 0 Å². The Morgan fingerprint density at radius 1 is 1.55 bits per heavy atom. The summed E-state index contributed by atoms with van der Waals surface area (Å²) < 4.78 is 5.06. The molecule has 0 spiro atoms. The Balaban J connectivity index is 2.49. The third kappa shape index (κ3) is 2.17. The van der Waals surface area contributed by atoms with Crippen molar-refractivity contribution in [3.63, 3.8) is 0 Å². The van der Waals surface area contributed by atoms with Gasteiger partial charge in [0.25, 0.3) is 0 Å². The first-order valence-electron chi connectivity index (χ1n) is 3.66. The van der Waals surface area contributed by atoms with Crippen molar-refractivity contribution in [3.05, 3.63) is 0 Å². The zero-order valence-corrected chi connectivity index (χ0v) is 6.36. The molecule has 64 valence electrons. The van der Waals surface area contributed by atoms with Crippen molar-refractivity contribution < 1.29 is 19.7 Å². The summed E-state index contributed by atoms with van der Waals surface area (Å²) in [6.45, 7) is 1.76. The summed E-state index contributed by atoms with van der Waals surface area (Å²) in [7, 11) is 0. The second-order valence-corrected chi connectivity index (χ2v) is 2.90. The van der Waals surface area contributed by atoms with E-state index < -0.39 is 18.2 Å². The van der Waals surface area contributed by atoms with Crippen LogP contribution in [0, 0.1) is 0 Å². The van der Waals surface area contributed by atoms with Gasteiger partial charge in [0.1, 0.15) is 0 Å². The summed E-state index contributed by atoms with van der Waals surface area (Å²) in [5.41, 5.74) is 0. The number of carboxylic acid groups (broad SMARTS) is 1. The van der Waals surface area contributed by atoms with Crippen LogP contribution in [0.3, 0.4) is 0 Å². The highest BCUT2D eigenvalue weighted by Gasteiger charge is 2.30. The molecular formula is C7H12O4. The Kier molecular flexibility index (Phi) is 2.46. The molecular weight excluding hydrogens is 148 g/mol. The Hall–Kier alpha value is -0.610. The van der Waals surface area contributed by atoms with Gasteiger partial charge in [-0.2, -0.15) is 0 Å². The molecule has 0 bridgehead atoms. The van der Waals surface area contributed by atoms with Crippen LogP contribution in [0.25, 0.3) is 0 Å². The second-order valence-electron chi connectivity index (χ2n) is 2.90. The largest absolute Gasteiger partial charge is 0.479 e. The summed E-state index contributed by atoms with van der Waals surface area (Å²) >= 11 is 0. The van der Waals surface area contributed by atoms with Crippen molar-refractivity contribution in [2.24, 2.45) is 0 Å². The molecule has 2 N–H and O–H groups in total. The van der Waals surface area contributed by atoms with Gasteiger partial charge in [0.05, 0.1) is 12.2 Å². The van der Waals surface area contributed by atoms with Gasteiger partial charge in [0.15, 0.2) is 6.10 Å². The molecule has 0 aromatic heterocycles. The van der Waals surface area contributed by atoms with Crippen LogP contribution in [0.1, 0.15) is 19.8 Å². The van der Waals surface area contributed by atoms with Crippen LogP contribution >= 0.6 is 0 Å². The molecule has 3 atom stereocenters. The molecule has 1 aliphatic rings. The van der Waals surface area contributed by atoms with E-state index in [-0.39, 0.29) is 12.5 Å². The first-order chi connectivity index (χ1) is 5.09. The molecule has 11 heavy (non-hydrogen) atoms. The Morgan fingerprint density at radius 2 is 2.18 bits per heavy atom. The summed E-state index contributed by atoms with van der Waals surface area (Å²) in [5.74, 6) is -0.990. The van der Waals surface area contributed by atoms with Gasteiger partial charge in [-0.1, -0.05) is 0 Å². The van der Waals surface area contributed by atoms with E-state index in [2.05, 4.69) is 0 Å². The normalized spacial score (nSPS) is 38.5. The van der Waals surface area contributed by atoms with E-state index in [0.717, 1.165) is 0 Å². The van der Waals surface area contributed by atoms with E-state index in [9.17, 15) is 4.79 Å². The fourth-order valence-electron chi connectivity index (χ4n) is 1.28. The van der Waals surface area contributed by atoms with Gasteiger partial charge in [0.2, 0.25) is 0 Å². The van der Waals surface area contributed by atoms with Gasteiger partial charge in [-0.25, -0.2) is 4.79 Å². The fraction of sp³-hybridized carbons (Fsp3) is 0.857. The van der Waals surface area contributed by atoms with Crippen molar-refractivity contribution in [3.8, 4) is 0 Å². The summed E-state index contributed by atoms with van der Waals surface area (Å²) in [4.78, 5) is 10.4. The van der Waals surface area contributed by atoms with Crippen LogP contribution in [0.15, 0.2) is 0 Å². The zero-order chi connectivity index (χ0) is 8.43. The maximum absolute atomic E-state index is 10.4. The summed E-state index contributed by atoms with van der Waals surface area (Å²) in [6.07, 6.45) is -0.767. The van der Waals surface area contributed by atoms with Gasteiger partial charge < -0.3 is 14.9 Å². The quantitative estimate of drug-likeness (QED) is 0.566. The van der Waals surface area contributed by atoms with Crippen LogP contribution < -0.4 is 0 Å². The minimum atomic E-state index is -0.990. The number of hydrogen-bond donors (Lipinski definition) is 2. The standard InChI is InChI=1S/C7H12O4/c1-4-2-5(8)3-6(11-4)7(9)10/h4-6,8H,2-3H2,1H3,(H,9,10)/t4?,5?,6-/m0/s1. The molecule has 0 amide bonds. The first-order valence-corrected chi connectivity index (χ1v) is 3.66. The predicted octanol–water partition coefficient (Wildman–Crippen LogP) is -0.000600. The number of aliphatic carboxylic acids is 1. The van der Waals surface area contributed by atoms with Crippen molar-refractivity contribution in [1.82, 2.24) is 0 Å². The van der Waals surface area contributed by atoms with Gasteiger partial charge in [-0.15, -0.1) is 0 Å². The smallest absolute Gasteiger partial charge is 0.332 e. The van der Waals surface area contributed by atoms with Crippen molar-refractivity contribution in [2.75, 3.05) is 0 Å².